The highest BCUT2D eigenvalue weighted by atomic mass is 16.7. The van der Waals surface area contributed by atoms with Crippen LogP contribution in [0, 0.1) is 0 Å². The summed E-state index contributed by atoms with van der Waals surface area (Å²) in [6, 6.07) is 0. The van der Waals surface area contributed by atoms with Crippen molar-refractivity contribution in [3.63, 3.8) is 0 Å². The number of carbonyl (C=O) groups excluding carboxylic acids is 6. The second-order valence-corrected chi connectivity index (χ2v) is 7.63. The molecule has 0 aromatic heterocycles. The topological polar surface area (TPSA) is 234 Å². The van der Waals surface area contributed by atoms with Crippen molar-refractivity contribution in [3.05, 3.63) is 10.4 Å². The van der Waals surface area contributed by atoms with E-state index >= 15 is 0 Å². The minimum Gasteiger partial charge on any atom is -0.463 e. The zero-order valence-electron chi connectivity index (χ0n) is 21.4. The van der Waals surface area contributed by atoms with Crippen molar-refractivity contribution < 1.29 is 57.2 Å². The summed E-state index contributed by atoms with van der Waals surface area (Å²) in [7, 11) is 0. The molecule has 1 aliphatic heterocycles. The summed E-state index contributed by atoms with van der Waals surface area (Å²) in [6.45, 7) is 4.36. The van der Waals surface area contributed by atoms with Crippen molar-refractivity contribution in [2.45, 2.75) is 65.3 Å². The molecule has 0 aromatic carbocycles. The largest absolute Gasteiger partial charge is 0.463 e. The van der Waals surface area contributed by atoms with E-state index < -0.39 is 79.5 Å². The van der Waals surface area contributed by atoms with Crippen LogP contribution >= 0.6 is 0 Å². The maximum absolute atomic E-state index is 12.0. The fourth-order valence-electron chi connectivity index (χ4n) is 3.14. The van der Waals surface area contributed by atoms with Gasteiger partial charge in [0.15, 0.2) is 24.6 Å². The summed E-state index contributed by atoms with van der Waals surface area (Å²) in [6.07, 6.45) is -6.70. The first-order valence-electron chi connectivity index (χ1n) is 11.1. The molecule has 1 saturated heterocycles. The van der Waals surface area contributed by atoms with Gasteiger partial charge in [-0.2, -0.15) is 4.91 Å². The van der Waals surface area contributed by atoms with Crippen LogP contribution in [0.25, 0.3) is 10.4 Å². The SMILES string of the molecule is CC(=O)OC[C@H]1O[C@@H](OCCNC(=O)CNN(N=[N+]=[N-])C(C)=O)[C@H](OC(C)=O)[C@@H](OC(C)=O)[C@H]1OC(C)=O. The van der Waals surface area contributed by atoms with Crippen LogP contribution in [0.3, 0.4) is 0 Å². The molecule has 1 rings (SSSR count). The van der Waals surface area contributed by atoms with Crippen LogP contribution in [-0.4, -0.2) is 97.8 Å². The number of hydrogen-bond acceptors (Lipinski definition) is 14. The van der Waals surface area contributed by atoms with Gasteiger partial charge in [0, 0.05) is 46.4 Å². The van der Waals surface area contributed by atoms with E-state index in [4.69, 9.17) is 34.0 Å². The Morgan fingerprint density at radius 1 is 0.895 bits per heavy atom. The Hall–Kier alpha value is -3.99. The van der Waals surface area contributed by atoms with Crippen molar-refractivity contribution in [2.24, 2.45) is 5.22 Å². The van der Waals surface area contributed by atoms with Crippen LogP contribution in [0.5, 0.6) is 0 Å². The molecule has 0 bridgehead atoms. The zero-order chi connectivity index (χ0) is 28.8. The summed E-state index contributed by atoms with van der Waals surface area (Å²) in [5.41, 5.74) is 10.7. The van der Waals surface area contributed by atoms with Crippen LogP contribution in [0.1, 0.15) is 34.6 Å². The Morgan fingerprint density at radius 3 is 2.00 bits per heavy atom. The fourth-order valence-corrected chi connectivity index (χ4v) is 3.14. The lowest BCUT2D eigenvalue weighted by Gasteiger charge is -2.44. The summed E-state index contributed by atoms with van der Waals surface area (Å²) in [5.74, 6) is -4.28. The number of rotatable bonds is 13. The average Bonchev–Trinajstić information content (AvgIpc) is 2.80. The maximum Gasteiger partial charge on any atom is 0.327 e. The lowest BCUT2D eigenvalue weighted by Crippen LogP contribution is -2.63. The van der Waals surface area contributed by atoms with Gasteiger partial charge in [-0.05, 0) is 0 Å². The van der Waals surface area contributed by atoms with Crippen molar-refractivity contribution in [1.29, 1.82) is 0 Å². The van der Waals surface area contributed by atoms with Gasteiger partial charge in [0.25, 0.3) is 0 Å². The van der Waals surface area contributed by atoms with E-state index in [1.807, 2.05) is 0 Å². The Kier molecular flexibility index (Phi) is 13.5. The van der Waals surface area contributed by atoms with E-state index in [1.165, 1.54) is 0 Å². The van der Waals surface area contributed by atoms with Gasteiger partial charge in [-0.1, -0.05) is 5.12 Å². The highest BCUT2D eigenvalue weighted by Crippen LogP contribution is 2.29. The molecule has 5 atom stereocenters. The number of nitrogens with zero attached hydrogens (tertiary/aromatic N) is 4. The molecule has 1 aliphatic rings. The summed E-state index contributed by atoms with van der Waals surface area (Å²) < 4.78 is 32.1. The smallest absolute Gasteiger partial charge is 0.327 e. The minimum atomic E-state index is -1.40. The summed E-state index contributed by atoms with van der Waals surface area (Å²) in [4.78, 5) is 72.4. The van der Waals surface area contributed by atoms with Crippen LogP contribution in [-0.2, 0) is 57.2 Å². The number of carbonyl (C=O) groups is 6. The molecule has 0 saturated carbocycles. The lowest BCUT2D eigenvalue weighted by molar-refractivity contribution is -0.307. The molecule has 2 N–H and O–H groups in total. The molecule has 1 heterocycles. The first-order valence-corrected chi connectivity index (χ1v) is 11.1. The number of esters is 4. The van der Waals surface area contributed by atoms with Crippen molar-refractivity contribution in [3.8, 4) is 0 Å². The van der Waals surface area contributed by atoms with Crippen LogP contribution < -0.4 is 10.7 Å². The standard InChI is InChI=1S/C20H30N6O12/c1-10(27)26(25-24-21)23-8-16(32)22-6-7-33-20-19(37-14(5)31)18(36-13(4)30)17(35-12(3)29)15(38-20)9-34-11(2)28/h15,17-20,23H,6-9H2,1-5H3,(H,22,32)/t15-,17+,18+,19-,20-/m1/s1. The molecule has 1 fully saturated rings. The van der Waals surface area contributed by atoms with Crippen LogP contribution in [0.4, 0.5) is 0 Å². The van der Waals surface area contributed by atoms with E-state index in [0.29, 0.717) is 5.12 Å². The number of nitrogens with one attached hydrogen (secondary N) is 2. The van der Waals surface area contributed by atoms with Gasteiger partial charge in [-0.3, -0.25) is 24.0 Å². The Morgan fingerprint density at radius 2 is 1.47 bits per heavy atom. The monoisotopic (exact) mass is 546 g/mol. The van der Waals surface area contributed by atoms with Gasteiger partial charge in [-0.25, -0.2) is 4.79 Å². The van der Waals surface area contributed by atoms with Gasteiger partial charge in [0.2, 0.25) is 5.91 Å². The second-order valence-electron chi connectivity index (χ2n) is 7.63. The van der Waals surface area contributed by atoms with Gasteiger partial charge in [0.05, 0.1) is 6.61 Å². The Balaban J connectivity index is 2.96. The molecule has 0 unspecified atom stereocenters. The van der Waals surface area contributed by atoms with E-state index in [1.54, 1.807) is 0 Å². The molecule has 18 heteroatoms. The Bertz CT molecular complexity index is 937. The predicted octanol–water partition coefficient (Wildman–Crippen LogP) is -1.22. The third-order valence-electron chi connectivity index (χ3n) is 4.47. The summed E-state index contributed by atoms with van der Waals surface area (Å²) in [5, 5.41) is 6.05. The van der Waals surface area contributed by atoms with E-state index in [2.05, 4.69) is 20.9 Å². The second kappa shape index (κ2) is 16.0. The number of azide groups is 1. The fraction of sp³-hybridized carbons (Fsp3) is 0.700. The first-order chi connectivity index (χ1) is 17.8. The first kappa shape index (κ1) is 32.0. The molecule has 0 aliphatic carbocycles. The van der Waals surface area contributed by atoms with E-state index in [9.17, 15) is 28.8 Å². The number of ether oxygens (including phenoxy) is 6. The molecule has 0 radical (unpaired) electrons. The van der Waals surface area contributed by atoms with Gasteiger partial charge >= 0.3 is 29.8 Å². The molecule has 212 valence electrons. The normalized spacial score (nSPS) is 22.2. The minimum absolute atomic E-state index is 0.102. The highest BCUT2D eigenvalue weighted by molar-refractivity contribution is 5.78. The van der Waals surface area contributed by atoms with Crippen molar-refractivity contribution in [1.82, 2.24) is 15.9 Å². The molecule has 38 heavy (non-hydrogen) atoms. The molecule has 18 nitrogen and oxygen atoms in total. The third kappa shape index (κ3) is 11.4. The molecular weight excluding hydrogens is 516 g/mol. The van der Waals surface area contributed by atoms with Gasteiger partial charge in [-0.15, -0.1) is 11.0 Å². The predicted molar refractivity (Wildman–Crippen MR) is 121 cm³/mol. The molecule has 2 amide bonds. The van der Waals surface area contributed by atoms with Gasteiger partial charge < -0.3 is 33.7 Å². The Labute approximate surface area is 216 Å². The quantitative estimate of drug-likeness (QED) is 0.0525. The van der Waals surface area contributed by atoms with Crippen LogP contribution in [0.15, 0.2) is 5.22 Å². The van der Waals surface area contributed by atoms with Crippen molar-refractivity contribution >= 4 is 35.7 Å². The number of hydrogen-bond donors (Lipinski definition) is 2. The number of amides is 2. The summed E-state index contributed by atoms with van der Waals surface area (Å²) >= 11 is 0. The van der Waals surface area contributed by atoms with E-state index in [-0.39, 0.29) is 13.2 Å². The van der Waals surface area contributed by atoms with E-state index in [0.717, 1.165) is 34.6 Å². The van der Waals surface area contributed by atoms with Crippen LogP contribution in [0.2, 0.25) is 0 Å². The third-order valence-corrected chi connectivity index (χ3v) is 4.47. The van der Waals surface area contributed by atoms with Crippen molar-refractivity contribution in [2.75, 3.05) is 26.3 Å². The molecule has 0 spiro atoms. The average molecular weight is 546 g/mol. The maximum atomic E-state index is 12.0. The molecular formula is C20H30N6O12. The molecule has 0 aromatic rings. The lowest BCUT2D eigenvalue weighted by atomic mass is 9.98. The number of hydrazine groups is 1. The highest BCUT2D eigenvalue weighted by Gasteiger charge is 2.52. The van der Waals surface area contributed by atoms with Gasteiger partial charge in [0.1, 0.15) is 19.3 Å². The zero-order valence-corrected chi connectivity index (χ0v) is 21.4.